The zero-order valence-electron chi connectivity index (χ0n) is 16.7. The van der Waals surface area contributed by atoms with E-state index in [4.69, 9.17) is 0 Å². The maximum Gasteiger partial charge on any atom is 0.309 e. The predicted octanol–water partition coefficient (Wildman–Crippen LogP) is 3.41. The molecule has 1 aromatic carbocycles. The molecular weight excluding hydrogens is 382 g/mol. The Morgan fingerprint density at radius 2 is 1.83 bits per heavy atom. The third-order valence-corrected chi connectivity index (χ3v) is 7.05. The van der Waals surface area contributed by atoms with Crippen LogP contribution in [-0.4, -0.2) is 35.8 Å². The highest BCUT2D eigenvalue weighted by Gasteiger charge is 2.27. The van der Waals surface area contributed by atoms with Crippen molar-refractivity contribution in [2.24, 2.45) is 0 Å². The normalized spacial score (nSPS) is 18.6. The van der Waals surface area contributed by atoms with E-state index in [9.17, 15) is 9.59 Å². The molecule has 2 amide bonds. The summed E-state index contributed by atoms with van der Waals surface area (Å²) in [5, 5.41) is 7.87. The van der Waals surface area contributed by atoms with Crippen molar-refractivity contribution < 1.29 is 9.59 Å². The molecule has 1 aliphatic heterocycles. The Morgan fingerprint density at radius 3 is 2.59 bits per heavy atom. The van der Waals surface area contributed by atoms with Crippen LogP contribution in [0.3, 0.4) is 0 Å². The molecule has 29 heavy (non-hydrogen) atoms. The van der Waals surface area contributed by atoms with Crippen molar-refractivity contribution in [3.05, 3.63) is 57.8 Å². The van der Waals surface area contributed by atoms with Crippen LogP contribution in [0.5, 0.6) is 0 Å². The topological polar surface area (TPSA) is 61.4 Å². The summed E-state index contributed by atoms with van der Waals surface area (Å²) in [4.78, 5) is 28.4. The number of thiophene rings is 1. The van der Waals surface area contributed by atoms with Crippen molar-refractivity contribution in [1.29, 1.82) is 0 Å². The van der Waals surface area contributed by atoms with Gasteiger partial charge in [-0.05, 0) is 41.8 Å². The van der Waals surface area contributed by atoms with Gasteiger partial charge in [0.15, 0.2) is 0 Å². The average Bonchev–Trinajstić information content (AvgIpc) is 3.29. The van der Waals surface area contributed by atoms with Crippen LogP contribution in [-0.2, 0) is 22.6 Å². The van der Waals surface area contributed by atoms with E-state index in [0.29, 0.717) is 6.54 Å². The molecule has 154 valence electrons. The van der Waals surface area contributed by atoms with Gasteiger partial charge in [0.05, 0.1) is 6.04 Å². The number of benzene rings is 1. The number of fused-ring (bicyclic) bond motifs is 1. The van der Waals surface area contributed by atoms with Gasteiger partial charge in [0.25, 0.3) is 0 Å². The van der Waals surface area contributed by atoms with Crippen LogP contribution in [0.25, 0.3) is 0 Å². The fourth-order valence-corrected chi connectivity index (χ4v) is 5.30. The largest absolute Gasteiger partial charge is 0.346 e. The Morgan fingerprint density at radius 1 is 1.03 bits per heavy atom. The van der Waals surface area contributed by atoms with Gasteiger partial charge >= 0.3 is 11.8 Å². The first-order chi connectivity index (χ1) is 14.2. The Hall–Kier alpha value is -2.18. The molecule has 2 N–H and O–H groups in total. The van der Waals surface area contributed by atoms with Crippen LogP contribution in [0.15, 0.2) is 41.8 Å². The lowest BCUT2D eigenvalue weighted by atomic mass is 9.95. The number of rotatable bonds is 5. The van der Waals surface area contributed by atoms with Crippen LogP contribution in [0.2, 0.25) is 0 Å². The number of hydrogen-bond acceptors (Lipinski definition) is 4. The molecule has 1 aliphatic carbocycles. The quantitative estimate of drug-likeness (QED) is 0.741. The summed E-state index contributed by atoms with van der Waals surface area (Å²) in [5.41, 5.74) is 2.76. The predicted molar refractivity (Wildman–Crippen MR) is 116 cm³/mol. The minimum Gasteiger partial charge on any atom is -0.346 e. The molecule has 1 unspecified atom stereocenters. The molecule has 0 bridgehead atoms. The van der Waals surface area contributed by atoms with E-state index in [2.05, 4.69) is 51.2 Å². The molecule has 1 atom stereocenters. The molecular formula is C23H29N3O2S. The van der Waals surface area contributed by atoms with Crippen LogP contribution in [0.1, 0.15) is 54.1 Å². The smallest absolute Gasteiger partial charge is 0.309 e. The first-order valence-corrected chi connectivity index (χ1v) is 11.5. The van der Waals surface area contributed by atoms with Crippen LogP contribution in [0, 0.1) is 0 Å². The molecule has 1 aromatic heterocycles. The fourth-order valence-electron chi connectivity index (χ4n) is 4.44. The Kier molecular flexibility index (Phi) is 6.62. The van der Waals surface area contributed by atoms with Gasteiger partial charge in [0.2, 0.25) is 0 Å². The first-order valence-electron chi connectivity index (χ1n) is 10.6. The Balaban J connectivity index is 1.38. The molecule has 2 aromatic rings. The molecule has 1 fully saturated rings. The average molecular weight is 412 g/mol. The van der Waals surface area contributed by atoms with Gasteiger partial charge in [-0.3, -0.25) is 14.5 Å². The van der Waals surface area contributed by atoms with E-state index in [0.717, 1.165) is 45.2 Å². The lowest BCUT2D eigenvalue weighted by molar-refractivity contribution is -0.139. The van der Waals surface area contributed by atoms with Crippen molar-refractivity contribution in [3.8, 4) is 0 Å². The number of nitrogens with zero attached hydrogens (tertiary/aromatic N) is 1. The van der Waals surface area contributed by atoms with Gasteiger partial charge in [-0.15, -0.1) is 11.3 Å². The van der Waals surface area contributed by atoms with Gasteiger partial charge < -0.3 is 10.6 Å². The van der Waals surface area contributed by atoms with Gasteiger partial charge in [0.1, 0.15) is 0 Å². The minimum absolute atomic E-state index is 0.0785. The summed E-state index contributed by atoms with van der Waals surface area (Å²) in [5.74, 6) is -1.01. The summed E-state index contributed by atoms with van der Waals surface area (Å²) < 4.78 is 0. The van der Waals surface area contributed by atoms with E-state index >= 15 is 0 Å². The zero-order chi connectivity index (χ0) is 20.1. The van der Waals surface area contributed by atoms with Crippen molar-refractivity contribution in [2.75, 3.05) is 13.1 Å². The standard InChI is InChI=1S/C23H29N3O2S/c27-22(23(28)25-19-9-2-1-3-10-19)24-15-20(21-11-6-14-29-21)26-13-12-17-7-4-5-8-18(17)16-26/h4-8,11,14,19-20H,1-3,9-10,12-13,15-16H2,(H,24,27)(H,25,28). The number of amides is 2. The van der Waals surface area contributed by atoms with Gasteiger partial charge in [0, 0.05) is 30.6 Å². The lowest BCUT2D eigenvalue weighted by Gasteiger charge is -2.35. The molecule has 6 heteroatoms. The lowest BCUT2D eigenvalue weighted by Crippen LogP contribution is -2.47. The van der Waals surface area contributed by atoms with Crippen LogP contribution >= 0.6 is 11.3 Å². The second kappa shape index (κ2) is 9.55. The van der Waals surface area contributed by atoms with E-state index in [1.54, 1.807) is 11.3 Å². The monoisotopic (exact) mass is 411 g/mol. The summed E-state index contributed by atoms with van der Waals surface area (Å²) in [6.45, 7) is 2.26. The Bertz CT molecular complexity index is 830. The van der Waals surface area contributed by atoms with Gasteiger partial charge in [-0.2, -0.15) is 0 Å². The van der Waals surface area contributed by atoms with Gasteiger partial charge in [-0.1, -0.05) is 49.6 Å². The molecule has 5 nitrogen and oxygen atoms in total. The summed E-state index contributed by atoms with van der Waals surface area (Å²) in [7, 11) is 0. The summed E-state index contributed by atoms with van der Waals surface area (Å²) >= 11 is 1.70. The molecule has 1 saturated carbocycles. The minimum atomic E-state index is -0.519. The van der Waals surface area contributed by atoms with E-state index in [-0.39, 0.29) is 12.1 Å². The first kappa shape index (κ1) is 20.1. The number of nitrogens with one attached hydrogen (secondary N) is 2. The SMILES string of the molecule is O=C(NCC(c1cccs1)N1CCc2ccccc2C1)C(=O)NC1CCCCC1. The molecule has 4 rings (SSSR count). The molecule has 0 saturated heterocycles. The van der Waals surface area contributed by atoms with Crippen molar-refractivity contribution >= 4 is 23.2 Å². The third-order valence-electron chi connectivity index (χ3n) is 6.08. The van der Waals surface area contributed by atoms with Crippen LogP contribution < -0.4 is 10.6 Å². The summed E-state index contributed by atoms with van der Waals surface area (Å²) in [6, 6.07) is 12.9. The molecule has 0 radical (unpaired) electrons. The zero-order valence-corrected chi connectivity index (χ0v) is 17.5. The number of carbonyl (C=O) groups is 2. The van der Waals surface area contributed by atoms with Crippen LogP contribution in [0.4, 0.5) is 0 Å². The van der Waals surface area contributed by atoms with E-state index in [1.807, 2.05) is 6.07 Å². The second-order valence-electron chi connectivity index (χ2n) is 8.04. The second-order valence-corrected chi connectivity index (χ2v) is 9.02. The van der Waals surface area contributed by atoms with Crippen molar-refractivity contribution in [1.82, 2.24) is 15.5 Å². The fraction of sp³-hybridized carbons (Fsp3) is 0.478. The maximum atomic E-state index is 12.4. The van der Waals surface area contributed by atoms with E-state index in [1.165, 1.54) is 22.4 Å². The third kappa shape index (κ3) is 5.06. The van der Waals surface area contributed by atoms with Crippen molar-refractivity contribution in [2.45, 2.75) is 57.2 Å². The highest BCUT2D eigenvalue weighted by molar-refractivity contribution is 7.10. The maximum absolute atomic E-state index is 12.4. The number of hydrogen-bond donors (Lipinski definition) is 2. The molecule has 0 spiro atoms. The Labute approximate surface area is 176 Å². The highest BCUT2D eigenvalue weighted by Crippen LogP contribution is 2.30. The summed E-state index contributed by atoms with van der Waals surface area (Å²) in [6.07, 6.45) is 6.44. The van der Waals surface area contributed by atoms with Crippen molar-refractivity contribution in [3.63, 3.8) is 0 Å². The van der Waals surface area contributed by atoms with E-state index < -0.39 is 11.8 Å². The highest BCUT2D eigenvalue weighted by atomic mass is 32.1. The molecule has 2 aliphatic rings. The number of carbonyl (C=O) groups excluding carboxylic acids is 2. The molecule has 2 heterocycles. The van der Waals surface area contributed by atoms with Gasteiger partial charge in [-0.25, -0.2) is 0 Å².